The fourth-order valence-corrected chi connectivity index (χ4v) is 6.34. The number of imidazole rings is 1. The Labute approximate surface area is 233 Å². The van der Waals surface area contributed by atoms with Gasteiger partial charge in [-0.1, -0.05) is 19.1 Å². The normalized spacial score (nSPS) is 13.7. The third-order valence-corrected chi connectivity index (χ3v) is 8.84. The Balaban J connectivity index is 1.42. The summed E-state index contributed by atoms with van der Waals surface area (Å²) in [6, 6.07) is 15.5. The van der Waals surface area contributed by atoms with Gasteiger partial charge in [0.15, 0.2) is 0 Å². The van der Waals surface area contributed by atoms with E-state index in [9.17, 15) is 23.6 Å². The van der Waals surface area contributed by atoms with E-state index in [2.05, 4.69) is 15.4 Å². The SMILES string of the molecule is CCCS(=O)(=O)Nc1ccc(-c2c(C#N)c3ccc(OCCCn4c(O)cn(C)c4=O)cc3n2C2CCC2)cc1. The van der Waals surface area contributed by atoms with Crippen LogP contribution in [0.25, 0.3) is 22.2 Å². The number of anilines is 1. The molecule has 1 saturated carbocycles. The Kier molecular flexibility index (Phi) is 7.63. The molecule has 1 aliphatic rings. The summed E-state index contributed by atoms with van der Waals surface area (Å²) in [5.74, 6) is 0.642. The van der Waals surface area contributed by atoms with E-state index in [1.54, 1.807) is 19.2 Å². The van der Waals surface area contributed by atoms with Gasteiger partial charge < -0.3 is 14.4 Å². The van der Waals surface area contributed by atoms with Crippen LogP contribution >= 0.6 is 0 Å². The van der Waals surface area contributed by atoms with Crippen molar-refractivity contribution in [1.82, 2.24) is 13.7 Å². The molecule has 0 atom stereocenters. The molecule has 2 aromatic carbocycles. The van der Waals surface area contributed by atoms with Crippen molar-refractivity contribution in [3.8, 4) is 29.0 Å². The average Bonchev–Trinajstić information content (AvgIpc) is 3.33. The number of benzene rings is 2. The van der Waals surface area contributed by atoms with Gasteiger partial charge in [-0.25, -0.2) is 13.2 Å². The molecule has 1 fully saturated rings. The number of fused-ring (bicyclic) bond motifs is 1. The number of aromatic hydroxyl groups is 1. The van der Waals surface area contributed by atoms with Gasteiger partial charge in [0.05, 0.1) is 35.3 Å². The fraction of sp³-hybridized carbons (Fsp3) is 0.379. The number of hydrogen-bond donors (Lipinski definition) is 2. The first-order valence-corrected chi connectivity index (χ1v) is 15.1. The zero-order valence-electron chi connectivity index (χ0n) is 22.6. The van der Waals surface area contributed by atoms with E-state index in [1.807, 2.05) is 37.3 Å². The minimum absolute atomic E-state index is 0.0564. The summed E-state index contributed by atoms with van der Waals surface area (Å²) in [4.78, 5) is 12.1. The number of nitrogens with zero attached hydrogens (tertiary/aromatic N) is 4. The molecule has 0 aliphatic heterocycles. The molecule has 1 aliphatic carbocycles. The van der Waals surface area contributed by atoms with Crippen LogP contribution in [0.2, 0.25) is 0 Å². The minimum atomic E-state index is -3.40. The molecule has 0 radical (unpaired) electrons. The lowest BCUT2D eigenvalue weighted by atomic mass is 9.92. The molecule has 2 N–H and O–H groups in total. The van der Waals surface area contributed by atoms with Crippen LogP contribution in [0.5, 0.6) is 11.6 Å². The van der Waals surface area contributed by atoms with Crippen molar-refractivity contribution >= 4 is 26.6 Å². The number of sulfonamides is 1. The van der Waals surface area contributed by atoms with E-state index in [4.69, 9.17) is 4.74 Å². The van der Waals surface area contributed by atoms with Gasteiger partial charge in [0.1, 0.15) is 11.8 Å². The summed E-state index contributed by atoms with van der Waals surface area (Å²) in [6.07, 6.45) is 5.58. The third-order valence-electron chi connectivity index (χ3n) is 7.35. The van der Waals surface area contributed by atoms with Crippen molar-refractivity contribution < 1.29 is 18.3 Å². The lowest BCUT2D eigenvalue weighted by Gasteiger charge is -2.30. The Morgan fingerprint density at radius 3 is 2.52 bits per heavy atom. The number of hydrogen-bond acceptors (Lipinski definition) is 6. The van der Waals surface area contributed by atoms with E-state index in [0.29, 0.717) is 43.0 Å². The summed E-state index contributed by atoms with van der Waals surface area (Å²) >= 11 is 0. The van der Waals surface area contributed by atoms with Crippen LogP contribution in [-0.2, 0) is 23.6 Å². The number of nitriles is 1. The molecule has 0 unspecified atom stereocenters. The highest BCUT2D eigenvalue weighted by Gasteiger charge is 2.28. The molecular formula is C29H33N5O5S. The van der Waals surface area contributed by atoms with E-state index in [-0.39, 0.29) is 23.4 Å². The Hall–Kier alpha value is -4.17. The number of aromatic nitrogens is 3. The molecule has 210 valence electrons. The fourth-order valence-electron chi connectivity index (χ4n) is 5.21. The quantitative estimate of drug-likeness (QED) is 0.254. The van der Waals surface area contributed by atoms with Crippen LogP contribution in [0.4, 0.5) is 5.69 Å². The maximum atomic E-state index is 12.2. The topological polar surface area (TPSA) is 131 Å². The highest BCUT2D eigenvalue weighted by Crippen LogP contribution is 2.43. The molecule has 5 rings (SSSR count). The largest absolute Gasteiger partial charge is 0.493 e. The molecule has 2 heterocycles. The standard InChI is InChI=1S/C29H33N5O5S/c1-3-16-40(37,38)31-21-10-8-20(9-11-21)28-25(18-30)24-13-12-23(17-26(24)34(28)22-6-4-7-22)39-15-5-14-33-27(35)19-32(2)29(33)36/h8-13,17,19,22,31,35H,3-7,14-16H2,1-2H3. The third kappa shape index (κ3) is 5.31. The first kappa shape index (κ1) is 27.4. The monoisotopic (exact) mass is 563 g/mol. The van der Waals surface area contributed by atoms with Gasteiger partial charge in [0.2, 0.25) is 15.9 Å². The van der Waals surface area contributed by atoms with Crippen LogP contribution in [0, 0.1) is 11.3 Å². The molecule has 11 heteroatoms. The predicted octanol–water partition coefficient (Wildman–Crippen LogP) is 4.73. The molecule has 10 nitrogen and oxygen atoms in total. The highest BCUT2D eigenvalue weighted by molar-refractivity contribution is 7.92. The van der Waals surface area contributed by atoms with Gasteiger partial charge in [0.25, 0.3) is 0 Å². The van der Waals surface area contributed by atoms with E-state index >= 15 is 0 Å². The Morgan fingerprint density at radius 2 is 1.93 bits per heavy atom. The Bertz CT molecular complexity index is 1740. The molecule has 2 aromatic heterocycles. The summed E-state index contributed by atoms with van der Waals surface area (Å²) in [6.45, 7) is 2.50. The van der Waals surface area contributed by atoms with Gasteiger partial charge in [-0.15, -0.1) is 0 Å². The summed E-state index contributed by atoms with van der Waals surface area (Å²) in [5, 5.41) is 21.0. The second-order valence-electron chi connectivity index (χ2n) is 10.2. The van der Waals surface area contributed by atoms with Gasteiger partial charge in [0, 0.05) is 36.8 Å². The molecule has 0 bridgehead atoms. The number of ether oxygens (including phenoxy) is 1. The summed E-state index contributed by atoms with van der Waals surface area (Å²) in [5.41, 5.74) is 3.36. The van der Waals surface area contributed by atoms with Crippen molar-refractivity contribution in [3.05, 3.63) is 64.7 Å². The van der Waals surface area contributed by atoms with Crippen molar-refractivity contribution in [2.75, 3.05) is 17.1 Å². The maximum absolute atomic E-state index is 12.2. The first-order valence-electron chi connectivity index (χ1n) is 13.5. The van der Waals surface area contributed by atoms with Gasteiger partial charge >= 0.3 is 5.69 Å². The second kappa shape index (κ2) is 11.1. The summed E-state index contributed by atoms with van der Waals surface area (Å²) in [7, 11) is -1.81. The predicted molar refractivity (Wildman–Crippen MR) is 154 cm³/mol. The summed E-state index contributed by atoms with van der Waals surface area (Å²) < 4.78 is 37.9. The van der Waals surface area contributed by atoms with Crippen molar-refractivity contribution in [3.63, 3.8) is 0 Å². The molecule has 4 aromatic rings. The van der Waals surface area contributed by atoms with Crippen LogP contribution < -0.4 is 15.1 Å². The van der Waals surface area contributed by atoms with Crippen molar-refractivity contribution in [1.29, 1.82) is 5.26 Å². The maximum Gasteiger partial charge on any atom is 0.330 e. The zero-order chi connectivity index (χ0) is 28.4. The molecule has 0 saturated heterocycles. The number of nitrogens with one attached hydrogen (secondary N) is 1. The minimum Gasteiger partial charge on any atom is -0.493 e. The van der Waals surface area contributed by atoms with E-state index in [1.165, 1.54) is 15.3 Å². The van der Waals surface area contributed by atoms with Gasteiger partial charge in [-0.05, 0) is 61.9 Å². The highest BCUT2D eigenvalue weighted by atomic mass is 32.2. The van der Waals surface area contributed by atoms with Crippen molar-refractivity contribution in [2.24, 2.45) is 7.05 Å². The lowest BCUT2D eigenvalue weighted by Crippen LogP contribution is -2.22. The number of rotatable bonds is 11. The van der Waals surface area contributed by atoms with Crippen LogP contribution in [-0.4, -0.2) is 39.6 Å². The van der Waals surface area contributed by atoms with Crippen LogP contribution in [0.3, 0.4) is 0 Å². The van der Waals surface area contributed by atoms with Gasteiger partial charge in [-0.2, -0.15) is 5.26 Å². The van der Waals surface area contributed by atoms with Crippen LogP contribution in [0.1, 0.15) is 50.6 Å². The smallest absolute Gasteiger partial charge is 0.330 e. The zero-order valence-corrected chi connectivity index (χ0v) is 23.4. The lowest BCUT2D eigenvalue weighted by molar-refractivity contribution is 0.295. The molecule has 0 spiro atoms. The van der Waals surface area contributed by atoms with Crippen LogP contribution in [0.15, 0.2) is 53.5 Å². The molecule has 0 amide bonds. The average molecular weight is 564 g/mol. The first-order chi connectivity index (χ1) is 19.2. The van der Waals surface area contributed by atoms with Crippen molar-refractivity contribution in [2.45, 2.75) is 51.6 Å². The van der Waals surface area contributed by atoms with E-state index < -0.39 is 10.0 Å². The Morgan fingerprint density at radius 1 is 1.18 bits per heavy atom. The van der Waals surface area contributed by atoms with Gasteiger partial charge in [-0.3, -0.25) is 13.9 Å². The van der Waals surface area contributed by atoms with E-state index in [0.717, 1.165) is 41.4 Å². The molecular weight excluding hydrogens is 530 g/mol. The number of aryl methyl sites for hydroxylation is 1. The molecule has 40 heavy (non-hydrogen) atoms. The second-order valence-corrected chi connectivity index (χ2v) is 12.0.